The number of likely N-dealkylation sites (tertiary alicyclic amines) is 1. The lowest BCUT2D eigenvalue weighted by Crippen LogP contribution is -2.40. The topological polar surface area (TPSA) is 45.5 Å². The maximum absolute atomic E-state index is 13.1. The Morgan fingerprint density at radius 1 is 1.03 bits per heavy atom. The van der Waals surface area contributed by atoms with Gasteiger partial charge in [-0.25, -0.2) is 0 Å². The Labute approximate surface area is 183 Å². The monoisotopic (exact) mass is 424 g/mol. The van der Waals surface area contributed by atoms with Crippen molar-refractivity contribution in [2.24, 2.45) is 0 Å². The first-order chi connectivity index (χ1) is 14.5. The number of furan rings is 1. The number of hydrogen-bond acceptors (Lipinski definition) is 3. The number of carbonyl (C=O) groups is 1. The van der Waals surface area contributed by atoms with Gasteiger partial charge >= 0.3 is 0 Å². The first-order valence-corrected chi connectivity index (χ1v) is 11.1. The zero-order valence-electron chi connectivity index (χ0n) is 17.9. The number of rotatable bonds is 5. The molecule has 1 saturated heterocycles. The van der Waals surface area contributed by atoms with Gasteiger partial charge in [-0.1, -0.05) is 42.3 Å². The number of nitrogens with one attached hydrogen (secondary N) is 1. The molecule has 1 atom stereocenters. The van der Waals surface area contributed by atoms with E-state index in [1.165, 1.54) is 24.8 Å². The number of nitrogens with zero attached hydrogens (tertiary/aromatic N) is 1. The first-order valence-electron chi connectivity index (χ1n) is 10.7. The second-order valence-electron chi connectivity index (χ2n) is 8.31. The van der Waals surface area contributed by atoms with Gasteiger partial charge in [0, 0.05) is 22.5 Å². The summed E-state index contributed by atoms with van der Waals surface area (Å²) in [5.74, 6) is 0.254. The van der Waals surface area contributed by atoms with Crippen molar-refractivity contribution in [3.8, 4) is 0 Å². The van der Waals surface area contributed by atoms with Crippen LogP contribution in [-0.4, -0.2) is 30.4 Å². The first kappa shape index (κ1) is 21.0. The van der Waals surface area contributed by atoms with Crippen LogP contribution in [-0.2, 0) is 0 Å². The zero-order chi connectivity index (χ0) is 21.3. The lowest BCUT2D eigenvalue weighted by atomic mass is 10.0. The number of aryl methyl sites for hydroxylation is 3. The summed E-state index contributed by atoms with van der Waals surface area (Å²) in [6, 6.07) is 12.2. The maximum Gasteiger partial charge on any atom is 0.287 e. The van der Waals surface area contributed by atoms with Crippen LogP contribution >= 0.6 is 11.6 Å². The van der Waals surface area contributed by atoms with Crippen molar-refractivity contribution in [3.63, 3.8) is 0 Å². The van der Waals surface area contributed by atoms with E-state index in [1.54, 1.807) is 0 Å². The fourth-order valence-electron chi connectivity index (χ4n) is 4.38. The molecule has 1 unspecified atom stereocenters. The van der Waals surface area contributed by atoms with E-state index in [0.29, 0.717) is 12.3 Å². The number of hydrogen-bond donors (Lipinski definition) is 1. The quantitative estimate of drug-likeness (QED) is 0.548. The van der Waals surface area contributed by atoms with Crippen molar-refractivity contribution in [3.05, 3.63) is 69.4 Å². The van der Waals surface area contributed by atoms with Crippen LogP contribution < -0.4 is 5.32 Å². The van der Waals surface area contributed by atoms with Gasteiger partial charge in [0.05, 0.1) is 6.04 Å². The minimum absolute atomic E-state index is 0.125. The van der Waals surface area contributed by atoms with E-state index < -0.39 is 0 Å². The van der Waals surface area contributed by atoms with E-state index in [0.717, 1.165) is 45.8 Å². The molecule has 1 N–H and O–H groups in total. The Bertz CT molecular complexity index is 1050. The number of halogens is 1. The third-order valence-electron chi connectivity index (χ3n) is 6.37. The van der Waals surface area contributed by atoms with Crippen molar-refractivity contribution in [2.45, 2.75) is 46.1 Å². The molecule has 0 radical (unpaired) electrons. The van der Waals surface area contributed by atoms with Crippen LogP contribution in [0.25, 0.3) is 11.0 Å². The molecule has 1 aliphatic heterocycles. The minimum atomic E-state index is -0.156. The van der Waals surface area contributed by atoms with E-state index in [-0.39, 0.29) is 11.9 Å². The molecular weight excluding hydrogens is 396 g/mol. The van der Waals surface area contributed by atoms with Crippen LogP contribution in [0.15, 0.2) is 40.8 Å². The normalized spacial score (nSPS) is 16.0. The maximum atomic E-state index is 13.1. The predicted molar refractivity (Wildman–Crippen MR) is 122 cm³/mol. The Balaban J connectivity index is 1.56. The van der Waals surface area contributed by atoms with Gasteiger partial charge in [-0.05, 0) is 75.5 Å². The fraction of sp³-hybridized carbons (Fsp3) is 0.400. The second kappa shape index (κ2) is 8.83. The predicted octanol–water partition coefficient (Wildman–Crippen LogP) is 5.97. The van der Waals surface area contributed by atoms with Gasteiger partial charge in [0.25, 0.3) is 5.91 Å². The van der Waals surface area contributed by atoms with Crippen molar-refractivity contribution in [1.82, 2.24) is 10.2 Å². The van der Waals surface area contributed by atoms with Gasteiger partial charge < -0.3 is 9.73 Å². The van der Waals surface area contributed by atoms with E-state index in [9.17, 15) is 4.79 Å². The van der Waals surface area contributed by atoms with E-state index in [1.807, 2.05) is 32.0 Å². The van der Waals surface area contributed by atoms with E-state index >= 15 is 0 Å². The lowest BCUT2D eigenvalue weighted by Gasteiger charge is -2.35. The third kappa shape index (κ3) is 4.12. The van der Waals surface area contributed by atoms with Crippen LogP contribution in [0.2, 0.25) is 5.02 Å². The molecule has 2 aromatic carbocycles. The fourth-order valence-corrected chi connectivity index (χ4v) is 4.50. The van der Waals surface area contributed by atoms with E-state index in [2.05, 4.69) is 35.3 Å². The van der Waals surface area contributed by atoms with Crippen LogP contribution in [0.1, 0.15) is 58.1 Å². The largest absolute Gasteiger partial charge is 0.450 e. The molecule has 1 fully saturated rings. The molecule has 158 valence electrons. The highest BCUT2D eigenvalue weighted by Gasteiger charge is 2.25. The molecule has 5 heteroatoms. The smallest absolute Gasteiger partial charge is 0.287 e. The summed E-state index contributed by atoms with van der Waals surface area (Å²) in [6.07, 6.45) is 3.66. The molecule has 0 aliphatic carbocycles. The molecule has 1 aliphatic rings. The molecule has 0 spiro atoms. The number of fused-ring (bicyclic) bond motifs is 1. The molecular formula is C25H29ClN2O2. The zero-order valence-corrected chi connectivity index (χ0v) is 18.7. The molecule has 1 aromatic heterocycles. The van der Waals surface area contributed by atoms with Gasteiger partial charge in [-0.2, -0.15) is 0 Å². The summed E-state index contributed by atoms with van der Waals surface area (Å²) >= 11 is 6.09. The summed E-state index contributed by atoms with van der Waals surface area (Å²) in [6.45, 7) is 8.68. The van der Waals surface area contributed by atoms with Crippen LogP contribution in [0.4, 0.5) is 0 Å². The molecule has 4 rings (SSSR count). The molecule has 3 aromatic rings. The molecule has 2 heterocycles. The van der Waals surface area contributed by atoms with Crippen LogP contribution in [0, 0.1) is 20.8 Å². The van der Waals surface area contributed by atoms with E-state index in [4.69, 9.17) is 16.0 Å². The molecule has 4 nitrogen and oxygen atoms in total. The number of benzene rings is 2. The summed E-state index contributed by atoms with van der Waals surface area (Å²) in [4.78, 5) is 15.5. The Kier molecular flexibility index (Phi) is 6.16. The molecule has 0 bridgehead atoms. The molecule has 1 amide bonds. The highest BCUT2D eigenvalue weighted by molar-refractivity contribution is 6.30. The number of amides is 1. The number of carbonyl (C=O) groups excluding carboxylic acids is 1. The summed E-state index contributed by atoms with van der Waals surface area (Å²) in [7, 11) is 0. The van der Waals surface area contributed by atoms with Gasteiger partial charge in [0.1, 0.15) is 5.58 Å². The van der Waals surface area contributed by atoms with Gasteiger partial charge in [-0.3, -0.25) is 9.69 Å². The Hall–Kier alpha value is -2.30. The average molecular weight is 425 g/mol. The van der Waals surface area contributed by atoms with Crippen molar-refractivity contribution < 1.29 is 9.21 Å². The van der Waals surface area contributed by atoms with Crippen molar-refractivity contribution >= 4 is 28.5 Å². The molecule has 30 heavy (non-hydrogen) atoms. The summed E-state index contributed by atoms with van der Waals surface area (Å²) < 4.78 is 6.03. The van der Waals surface area contributed by atoms with Gasteiger partial charge in [0.2, 0.25) is 0 Å². The standard InChI is InChI=1S/C25H29ClN2O2/c1-16-7-12-21-18(3)24(30-23(21)17(16)2)25(29)27-15-22(28-13-5-4-6-14-28)19-8-10-20(26)11-9-19/h7-12,22H,4-6,13-15H2,1-3H3,(H,27,29). The van der Waals surface area contributed by atoms with Crippen molar-refractivity contribution in [1.29, 1.82) is 0 Å². The molecule has 0 saturated carbocycles. The average Bonchev–Trinajstić information content (AvgIpc) is 3.10. The number of piperidine rings is 1. The Morgan fingerprint density at radius 3 is 2.43 bits per heavy atom. The van der Waals surface area contributed by atoms with Crippen molar-refractivity contribution in [2.75, 3.05) is 19.6 Å². The lowest BCUT2D eigenvalue weighted by molar-refractivity contribution is 0.0898. The highest BCUT2D eigenvalue weighted by Crippen LogP contribution is 2.30. The second-order valence-corrected chi connectivity index (χ2v) is 8.75. The van der Waals surface area contributed by atoms with Crippen LogP contribution in [0.5, 0.6) is 0 Å². The SMILES string of the molecule is Cc1ccc2c(C)c(C(=O)NCC(c3ccc(Cl)cc3)N3CCCCC3)oc2c1C. The van der Waals surface area contributed by atoms with Gasteiger partial charge in [0.15, 0.2) is 5.76 Å². The summed E-state index contributed by atoms with van der Waals surface area (Å²) in [5, 5.41) is 4.87. The van der Waals surface area contributed by atoms with Crippen LogP contribution in [0.3, 0.4) is 0 Å². The minimum Gasteiger partial charge on any atom is -0.450 e. The Morgan fingerprint density at radius 2 is 1.73 bits per heavy atom. The highest BCUT2D eigenvalue weighted by atomic mass is 35.5. The van der Waals surface area contributed by atoms with Gasteiger partial charge in [-0.15, -0.1) is 0 Å². The third-order valence-corrected chi connectivity index (χ3v) is 6.63. The summed E-state index contributed by atoms with van der Waals surface area (Å²) in [5.41, 5.74) is 5.13.